The molecule has 0 bridgehead atoms. The first kappa shape index (κ1) is 13.1. The van der Waals surface area contributed by atoms with Crippen molar-refractivity contribution in [2.75, 3.05) is 13.1 Å². The first-order valence-corrected chi connectivity index (χ1v) is 6.42. The van der Waals surface area contributed by atoms with Gasteiger partial charge in [0.2, 0.25) is 0 Å². The zero-order valence-electron chi connectivity index (χ0n) is 10.8. The zero-order chi connectivity index (χ0) is 13.5. The van der Waals surface area contributed by atoms with Crippen LogP contribution in [-0.2, 0) is 0 Å². The van der Waals surface area contributed by atoms with Gasteiger partial charge in [0.15, 0.2) is 0 Å². The Hall–Kier alpha value is -2.39. The Kier molecular flexibility index (Phi) is 4.48. The lowest BCUT2D eigenvalue weighted by Crippen LogP contribution is -2.26. The topological polar surface area (TPSA) is 32.3 Å². The molecule has 1 fully saturated rings. The predicted octanol–water partition coefficient (Wildman–Crippen LogP) is 1.80. The van der Waals surface area contributed by atoms with Crippen molar-refractivity contribution in [1.82, 2.24) is 10.2 Å². The molecule has 1 heterocycles. The average Bonchev–Trinajstić information content (AvgIpc) is 2.48. The van der Waals surface area contributed by atoms with Crippen LogP contribution in [0, 0.1) is 24.4 Å². The van der Waals surface area contributed by atoms with Crippen LogP contribution < -0.4 is 5.32 Å². The molecule has 1 aromatic carbocycles. The quantitative estimate of drug-likeness (QED) is 0.610. The Labute approximate surface area is 114 Å². The Morgan fingerprint density at radius 2 is 1.84 bits per heavy atom. The number of amides is 1. The highest BCUT2D eigenvalue weighted by Crippen LogP contribution is 2.06. The number of hydrogen-bond donors (Lipinski definition) is 1. The third-order valence-corrected chi connectivity index (χ3v) is 3.06. The largest absolute Gasteiger partial charge is 0.331 e. The predicted molar refractivity (Wildman–Crippen MR) is 75.0 cm³/mol. The van der Waals surface area contributed by atoms with Gasteiger partial charge in [0.25, 0.3) is 5.91 Å². The van der Waals surface area contributed by atoms with Gasteiger partial charge in [-0.25, -0.2) is 0 Å². The molecule has 2 rings (SSSR count). The van der Waals surface area contributed by atoms with E-state index in [2.05, 4.69) is 23.3 Å². The molecule has 96 valence electrons. The summed E-state index contributed by atoms with van der Waals surface area (Å²) in [7, 11) is 0. The second kappa shape index (κ2) is 6.52. The minimum absolute atomic E-state index is 0.201. The van der Waals surface area contributed by atoms with Crippen molar-refractivity contribution in [2.45, 2.75) is 19.3 Å². The van der Waals surface area contributed by atoms with Crippen LogP contribution in [0.1, 0.15) is 35.2 Å². The van der Waals surface area contributed by atoms with Crippen LogP contribution in [0.5, 0.6) is 0 Å². The van der Waals surface area contributed by atoms with Gasteiger partial charge in [-0.2, -0.15) is 0 Å². The summed E-state index contributed by atoms with van der Waals surface area (Å²) >= 11 is 0. The summed E-state index contributed by atoms with van der Waals surface area (Å²) in [5.41, 5.74) is 1.32. The summed E-state index contributed by atoms with van der Waals surface area (Å²) in [6.07, 6.45) is 8.88. The smallest absolute Gasteiger partial charge is 0.262 e. The maximum absolute atomic E-state index is 11.8. The van der Waals surface area contributed by atoms with Crippen LogP contribution in [0.15, 0.2) is 24.3 Å². The molecule has 0 unspecified atom stereocenters. The van der Waals surface area contributed by atoms with Crippen molar-refractivity contribution in [3.8, 4) is 24.4 Å². The molecule has 0 aliphatic carbocycles. The molecule has 19 heavy (non-hydrogen) atoms. The second-order valence-corrected chi connectivity index (χ2v) is 4.46. The van der Waals surface area contributed by atoms with E-state index < -0.39 is 0 Å². The van der Waals surface area contributed by atoms with E-state index in [-0.39, 0.29) is 5.91 Å². The van der Waals surface area contributed by atoms with E-state index in [9.17, 15) is 4.79 Å². The Bertz CT molecular complexity index is 537. The molecule has 1 aliphatic rings. The maximum atomic E-state index is 11.8. The minimum Gasteiger partial charge on any atom is -0.331 e. The maximum Gasteiger partial charge on any atom is 0.262 e. The fraction of sp³-hybridized carbons (Fsp3) is 0.312. The molecule has 1 saturated heterocycles. The summed E-state index contributed by atoms with van der Waals surface area (Å²) < 4.78 is 0. The lowest BCUT2D eigenvalue weighted by molar-refractivity contribution is 0.0973. The number of rotatable bonds is 1. The van der Waals surface area contributed by atoms with E-state index in [1.54, 1.807) is 24.3 Å². The minimum atomic E-state index is -0.201. The number of carbonyl (C=O) groups excluding carboxylic acids is 1. The number of nitrogens with zero attached hydrogens (tertiary/aromatic N) is 1. The molecule has 0 saturated carbocycles. The van der Waals surface area contributed by atoms with Crippen molar-refractivity contribution in [1.29, 1.82) is 0 Å². The van der Waals surface area contributed by atoms with Crippen LogP contribution >= 0.6 is 0 Å². The number of benzene rings is 1. The molecule has 1 amide bonds. The number of terminal acetylenes is 1. The lowest BCUT2D eigenvalue weighted by Gasteiger charge is -2.21. The summed E-state index contributed by atoms with van der Waals surface area (Å²) in [6.45, 7) is 1.97. The van der Waals surface area contributed by atoms with Crippen LogP contribution in [-0.4, -0.2) is 23.9 Å². The van der Waals surface area contributed by atoms with Gasteiger partial charge in [0.1, 0.15) is 0 Å². The SMILES string of the molecule is C#Cc1ccc(C(=O)NC#CN2CCCCC2)cc1. The van der Waals surface area contributed by atoms with Crippen molar-refractivity contribution in [2.24, 2.45) is 0 Å². The number of nitrogens with one attached hydrogen (secondary N) is 1. The monoisotopic (exact) mass is 252 g/mol. The molecule has 0 spiro atoms. The highest BCUT2D eigenvalue weighted by atomic mass is 16.1. The number of hydrogen-bond acceptors (Lipinski definition) is 2. The van der Waals surface area contributed by atoms with Gasteiger partial charge in [-0.3, -0.25) is 10.1 Å². The van der Waals surface area contributed by atoms with E-state index in [0.717, 1.165) is 18.7 Å². The Morgan fingerprint density at radius 3 is 2.47 bits per heavy atom. The molecule has 0 radical (unpaired) electrons. The number of piperidine rings is 1. The van der Waals surface area contributed by atoms with Gasteiger partial charge >= 0.3 is 0 Å². The van der Waals surface area contributed by atoms with E-state index >= 15 is 0 Å². The first-order chi connectivity index (χ1) is 9.29. The lowest BCUT2D eigenvalue weighted by atomic mass is 10.1. The fourth-order valence-corrected chi connectivity index (χ4v) is 1.96. The van der Waals surface area contributed by atoms with Gasteiger partial charge < -0.3 is 4.90 Å². The molecule has 1 aromatic rings. The number of carbonyl (C=O) groups is 1. The third kappa shape index (κ3) is 3.79. The summed E-state index contributed by atoms with van der Waals surface area (Å²) in [5, 5.41) is 2.59. The molecule has 1 aliphatic heterocycles. The van der Waals surface area contributed by atoms with E-state index in [4.69, 9.17) is 6.42 Å². The third-order valence-electron chi connectivity index (χ3n) is 3.06. The van der Waals surface area contributed by atoms with Crippen molar-refractivity contribution in [3.63, 3.8) is 0 Å². The van der Waals surface area contributed by atoms with E-state index in [1.807, 2.05) is 4.90 Å². The summed E-state index contributed by atoms with van der Waals surface area (Å²) in [4.78, 5) is 13.8. The van der Waals surface area contributed by atoms with E-state index in [1.165, 1.54) is 19.3 Å². The van der Waals surface area contributed by atoms with Crippen molar-refractivity contribution in [3.05, 3.63) is 35.4 Å². The fourth-order valence-electron chi connectivity index (χ4n) is 1.96. The van der Waals surface area contributed by atoms with Gasteiger partial charge in [-0.15, -0.1) is 6.42 Å². The second-order valence-electron chi connectivity index (χ2n) is 4.46. The molecule has 3 nitrogen and oxygen atoms in total. The first-order valence-electron chi connectivity index (χ1n) is 6.42. The van der Waals surface area contributed by atoms with Gasteiger partial charge in [0, 0.05) is 36.3 Å². The number of likely N-dealkylation sites (tertiary alicyclic amines) is 1. The van der Waals surface area contributed by atoms with Gasteiger partial charge in [-0.1, -0.05) is 5.92 Å². The molecule has 3 heteroatoms. The average molecular weight is 252 g/mol. The standard InChI is InChI=1S/C16H16N2O/c1-2-14-6-8-15(9-7-14)16(19)17-10-13-18-11-4-3-5-12-18/h1,6-9H,3-5,11-12H2,(H,17,19). The molecule has 0 aromatic heterocycles. The van der Waals surface area contributed by atoms with Crippen LogP contribution in [0.3, 0.4) is 0 Å². The Balaban J connectivity index is 1.90. The highest BCUT2D eigenvalue weighted by molar-refractivity contribution is 5.95. The van der Waals surface area contributed by atoms with Crippen LogP contribution in [0.4, 0.5) is 0 Å². The van der Waals surface area contributed by atoms with Crippen LogP contribution in [0.2, 0.25) is 0 Å². The summed E-state index contributed by atoms with van der Waals surface area (Å²) in [5.74, 6) is 2.31. The van der Waals surface area contributed by atoms with Crippen molar-refractivity contribution >= 4 is 5.91 Å². The van der Waals surface area contributed by atoms with Gasteiger partial charge in [-0.05, 0) is 43.5 Å². The summed E-state index contributed by atoms with van der Waals surface area (Å²) in [6, 6.07) is 12.6. The van der Waals surface area contributed by atoms with E-state index in [0.29, 0.717) is 5.56 Å². The molecular weight excluding hydrogens is 236 g/mol. The highest BCUT2D eigenvalue weighted by Gasteiger charge is 2.06. The zero-order valence-corrected chi connectivity index (χ0v) is 10.8. The molecule has 0 atom stereocenters. The Morgan fingerprint density at radius 1 is 1.16 bits per heavy atom. The van der Waals surface area contributed by atoms with Gasteiger partial charge in [0.05, 0.1) is 0 Å². The molecule has 1 N–H and O–H groups in total. The molecular formula is C16H16N2O. The normalized spacial score (nSPS) is 13.9. The van der Waals surface area contributed by atoms with Crippen molar-refractivity contribution < 1.29 is 4.79 Å². The van der Waals surface area contributed by atoms with Crippen LogP contribution in [0.25, 0.3) is 0 Å².